The van der Waals surface area contributed by atoms with Gasteiger partial charge < -0.3 is 10.4 Å². The van der Waals surface area contributed by atoms with Crippen LogP contribution < -0.4 is 5.32 Å². The van der Waals surface area contributed by atoms with Gasteiger partial charge in [-0.1, -0.05) is 13.8 Å². The highest BCUT2D eigenvalue weighted by atomic mass is 32.1. The molecule has 0 saturated carbocycles. The largest absolute Gasteiger partial charge is 0.394 e. The van der Waals surface area contributed by atoms with E-state index in [9.17, 15) is 4.79 Å². The van der Waals surface area contributed by atoms with Crippen LogP contribution in [-0.2, 0) is 12.8 Å². The molecule has 1 aliphatic rings. The molecule has 0 saturated heterocycles. The zero-order chi connectivity index (χ0) is 13.1. The van der Waals surface area contributed by atoms with Crippen LogP contribution in [0.2, 0.25) is 0 Å². The summed E-state index contributed by atoms with van der Waals surface area (Å²) >= 11 is 1.70. The predicted octanol–water partition coefficient (Wildman–Crippen LogP) is 2.37. The minimum absolute atomic E-state index is 0.00556. The van der Waals surface area contributed by atoms with E-state index in [4.69, 9.17) is 5.11 Å². The van der Waals surface area contributed by atoms with Crippen molar-refractivity contribution in [2.45, 2.75) is 45.6 Å². The smallest absolute Gasteiger partial charge is 0.252 e. The van der Waals surface area contributed by atoms with Crippen LogP contribution in [0.1, 0.15) is 47.5 Å². The van der Waals surface area contributed by atoms with E-state index < -0.39 is 0 Å². The first-order chi connectivity index (χ1) is 8.65. The maximum atomic E-state index is 12.2. The van der Waals surface area contributed by atoms with Crippen LogP contribution >= 0.6 is 11.3 Å². The van der Waals surface area contributed by atoms with Gasteiger partial charge in [0.05, 0.1) is 18.2 Å². The number of hydrogen-bond acceptors (Lipinski definition) is 3. The van der Waals surface area contributed by atoms with E-state index in [1.54, 1.807) is 11.3 Å². The highest BCUT2D eigenvalue weighted by Gasteiger charge is 2.23. The fourth-order valence-electron chi connectivity index (χ4n) is 2.41. The highest BCUT2D eigenvalue weighted by molar-refractivity contribution is 7.10. The second-order valence-electron chi connectivity index (χ2n) is 5.16. The van der Waals surface area contributed by atoms with E-state index in [0.717, 1.165) is 30.7 Å². The van der Waals surface area contributed by atoms with Crippen molar-refractivity contribution in [1.29, 1.82) is 0 Å². The molecule has 1 aliphatic carbocycles. The van der Waals surface area contributed by atoms with Crippen molar-refractivity contribution < 1.29 is 9.90 Å². The number of aliphatic hydroxyl groups is 1. The number of fused-ring (bicyclic) bond motifs is 1. The van der Waals surface area contributed by atoms with E-state index in [1.165, 1.54) is 16.9 Å². The second kappa shape index (κ2) is 5.85. The van der Waals surface area contributed by atoms with Crippen LogP contribution in [0.25, 0.3) is 0 Å². The first-order valence-electron chi connectivity index (χ1n) is 6.66. The molecule has 0 spiro atoms. The molecule has 2 atom stereocenters. The normalized spacial score (nSPS) is 20.3. The Hall–Kier alpha value is -0.870. The van der Waals surface area contributed by atoms with Crippen molar-refractivity contribution in [2.24, 2.45) is 5.92 Å². The average Bonchev–Trinajstić information content (AvgIpc) is 2.78. The number of amides is 1. The number of hydrogen-bond donors (Lipinski definition) is 2. The van der Waals surface area contributed by atoms with Gasteiger partial charge in [0.2, 0.25) is 0 Å². The monoisotopic (exact) mass is 267 g/mol. The lowest BCUT2D eigenvalue weighted by atomic mass is 9.88. The Bertz CT molecular complexity index is 423. The Labute approximate surface area is 112 Å². The predicted molar refractivity (Wildman–Crippen MR) is 74.1 cm³/mol. The molecule has 18 heavy (non-hydrogen) atoms. The van der Waals surface area contributed by atoms with Crippen molar-refractivity contribution in [2.75, 3.05) is 6.61 Å². The Morgan fingerprint density at radius 3 is 3.11 bits per heavy atom. The van der Waals surface area contributed by atoms with Crippen LogP contribution in [0.5, 0.6) is 0 Å². The maximum absolute atomic E-state index is 12.2. The Kier molecular flexibility index (Phi) is 4.40. The molecular formula is C14H21NO2S. The molecule has 3 nitrogen and oxygen atoms in total. The summed E-state index contributed by atoms with van der Waals surface area (Å²) in [6.07, 6.45) is 4.04. The summed E-state index contributed by atoms with van der Waals surface area (Å²) in [5.41, 5.74) is 2.07. The van der Waals surface area contributed by atoms with E-state index in [-0.39, 0.29) is 18.6 Å². The second-order valence-corrected chi connectivity index (χ2v) is 6.12. The van der Waals surface area contributed by atoms with Gasteiger partial charge in [-0.2, -0.15) is 0 Å². The summed E-state index contributed by atoms with van der Waals surface area (Å²) in [5.74, 6) is 0.704. The van der Waals surface area contributed by atoms with Gasteiger partial charge >= 0.3 is 0 Å². The van der Waals surface area contributed by atoms with Crippen molar-refractivity contribution in [3.05, 3.63) is 21.4 Å². The molecule has 1 amide bonds. The zero-order valence-corrected chi connectivity index (χ0v) is 11.8. The Morgan fingerprint density at radius 1 is 1.67 bits per heavy atom. The highest BCUT2D eigenvalue weighted by Crippen LogP contribution is 2.32. The molecule has 2 N–H and O–H groups in total. The van der Waals surface area contributed by atoms with E-state index >= 15 is 0 Å². The molecule has 0 fully saturated rings. The maximum Gasteiger partial charge on any atom is 0.252 e. The average molecular weight is 267 g/mol. The SMILES string of the molecule is CC[C@@H](CO)NC(=O)c1csc2c1CCC(C)C2. The summed E-state index contributed by atoms with van der Waals surface area (Å²) in [7, 11) is 0. The Balaban J connectivity index is 2.12. The molecule has 4 heteroatoms. The summed E-state index contributed by atoms with van der Waals surface area (Å²) in [6, 6.07) is -0.129. The molecule has 2 rings (SSSR count). The van der Waals surface area contributed by atoms with Gasteiger partial charge in [0.15, 0.2) is 0 Å². The molecular weight excluding hydrogens is 246 g/mol. The third-order valence-corrected chi connectivity index (χ3v) is 4.75. The van der Waals surface area contributed by atoms with E-state index in [0.29, 0.717) is 0 Å². The van der Waals surface area contributed by atoms with Crippen molar-refractivity contribution in [3.63, 3.8) is 0 Å². The molecule has 1 heterocycles. The first-order valence-corrected chi connectivity index (χ1v) is 7.54. The summed E-state index contributed by atoms with van der Waals surface area (Å²) < 4.78 is 0. The number of aliphatic hydroxyl groups excluding tert-OH is 1. The minimum Gasteiger partial charge on any atom is -0.394 e. The van der Waals surface area contributed by atoms with Crippen molar-refractivity contribution in [3.8, 4) is 0 Å². The summed E-state index contributed by atoms with van der Waals surface area (Å²) in [5, 5.41) is 14.0. The van der Waals surface area contributed by atoms with Crippen LogP contribution in [0.3, 0.4) is 0 Å². The quantitative estimate of drug-likeness (QED) is 0.880. The fraction of sp³-hybridized carbons (Fsp3) is 0.643. The lowest BCUT2D eigenvalue weighted by molar-refractivity contribution is 0.0914. The molecule has 100 valence electrons. The van der Waals surface area contributed by atoms with Gasteiger partial charge in [-0.3, -0.25) is 4.79 Å². The number of carbonyl (C=O) groups excluding carboxylic acids is 1. The molecule has 1 aromatic heterocycles. The molecule has 0 radical (unpaired) electrons. The van der Waals surface area contributed by atoms with E-state index in [2.05, 4.69) is 12.2 Å². The first kappa shape index (κ1) is 13.6. The van der Waals surface area contributed by atoms with Crippen molar-refractivity contribution >= 4 is 17.2 Å². The third kappa shape index (κ3) is 2.75. The van der Waals surface area contributed by atoms with Gasteiger partial charge in [-0.05, 0) is 37.2 Å². The Morgan fingerprint density at radius 2 is 2.44 bits per heavy atom. The number of nitrogens with one attached hydrogen (secondary N) is 1. The third-order valence-electron chi connectivity index (χ3n) is 3.69. The van der Waals surface area contributed by atoms with E-state index in [1.807, 2.05) is 12.3 Å². The molecule has 1 aromatic rings. The summed E-state index contributed by atoms with van der Waals surface area (Å²) in [6.45, 7) is 4.23. The van der Waals surface area contributed by atoms with Gasteiger partial charge in [-0.15, -0.1) is 11.3 Å². The van der Waals surface area contributed by atoms with Crippen LogP contribution in [0.4, 0.5) is 0 Å². The minimum atomic E-state index is -0.129. The van der Waals surface area contributed by atoms with Gasteiger partial charge in [0.1, 0.15) is 0 Å². The van der Waals surface area contributed by atoms with Crippen molar-refractivity contribution in [1.82, 2.24) is 5.32 Å². The molecule has 0 bridgehead atoms. The lowest BCUT2D eigenvalue weighted by Crippen LogP contribution is -2.37. The standard InChI is InChI=1S/C14H21NO2S/c1-3-10(7-16)15-14(17)12-8-18-13-6-9(2)4-5-11(12)13/h8-10,16H,3-7H2,1-2H3,(H,15,17)/t9?,10-/m0/s1. The molecule has 0 aromatic carbocycles. The van der Waals surface area contributed by atoms with Gasteiger partial charge in [-0.25, -0.2) is 0 Å². The van der Waals surface area contributed by atoms with Crippen LogP contribution in [-0.4, -0.2) is 23.7 Å². The van der Waals surface area contributed by atoms with Gasteiger partial charge in [0, 0.05) is 10.3 Å². The molecule has 1 unspecified atom stereocenters. The number of rotatable bonds is 4. The van der Waals surface area contributed by atoms with Crippen LogP contribution in [0.15, 0.2) is 5.38 Å². The topological polar surface area (TPSA) is 49.3 Å². The zero-order valence-electron chi connectivity index (χ0n) is 11.0. The van der Waals surface area contributed by atoms with Gasteiger partial charge in [0.25, 0.3) is 5.91 Å². The lowest BCUT2D eigenvalue weighted by Gasteiger charge is -2.19. The number of carbonyl (C=O) groups is 1. The molecule has 0 aliphatic heterocycles. The number of thiophene rings is 1. The summed E-state index contributed by atoms with van der Waals surface area (Å²) in [4.78, 5) is 13.5. The van der Waals surface area contributed by atoms with Crippen LogP contribution in [0, 0.1) is 5.92 Å². The fourth-order valence-corrected chi connectivity index (χ4v) is 3.65.